The number of rotatable bonds is 5. The Morgan fingerprint density at radius 1 is 1.00 bits per heavy atom. The number of fused-ring (bicyclic) bond motifs is 1. The summed E-state index contributed by atoms with van der Waals surface area (Å²) in [6, 6.07) is 15.8. The molecule has 9 heteroatoms. The average molecular weight is 472 g/mol. The van der Waals surface area contributed by atoms with Crippen molar-refractivity contribution in [2.45, 2.75) is 19.3 Å². The first-order valence-corrected chi connectivity index (χ1v) is 11.6. The number of hydrogen-bond donors (Lipinski definition) is 0. The van der Waals surface area contributed by atoms with Crippen molar-refractivity contribution < 1.29 is 9.47 Å². The lowest BCUT2D eigenvalue weighted by molar-refractivity contribution is 0.0804. The average Bonchev–Trinajstić information content (AvgIpc) is 3.10. The Labute approximate surface area is 197 Å². The van der Waals surface area contributed by atoms with Crippen LogP contribution in [0.3, 0.4) is 0 Å². The molecule has 3 heterocycles. The first-order valence-electron chi connectivity index (χ1n) is 10.8. The van der Waals surface area contributed by atoms with Gasteiger partial charge in [-0.25, -0.2) is 4.68 Å². The standard InChI is InChI=1S/C23H26ClN5O2S/c1-26-22(21-15-30-19-4-2-3-5-20(19)31-21)25-29(23(26)32)16-28-12-10-27(11-13-28)14-17-6-8-18(24)9-7-17/h2-9,21H,10-16H2,1H3/t21-/m0/s1. The first kappa shape index (κ1) is 21.5. The van der Waals surface area contributed by atoms with Gasteiger partial charge in [0.2, 0.25) is 0 Å². The van der Waals surface area contributed by atoms with E-state index in [1.807, 2.05) is 52.7 Å². The van der Waals surface area contributed by atoms with E-state index < -0.39 is 0 Å². The van der Waals surface area contributed by atoms with E-state index in [-0.39, 0.29) is 6.10 Å². The Balaban J connectivity index is 1.20. The highest BCUT2D eigenvalue weighted by atomic mass is 35.5. The van der Waals surface area contributed by atoms with Crippen LogP contribution in [0, 0.1) is 4.77 Å². The Kier molecular flexibility index (Phi) is 6.19. The van der Waals surface area contributed by atoms with Crippen molar-refractivity contribution in [1.82, 2.24) is 24.1 Å². The number of benzene rings is 2. The molecule has 1 fully saturated rings. The second-order valence-electron chi connectivity index (χ2n) is 8.23. The second-order valence-corrected chi connectivity index (χ2v) is 9.03. The van der Waals surface area contributed by atoms with E-state index in [1.165, 1.54) is 5.56 Å². The van der Waals surface area contributed by atoms with Crippen LogP contribution in [0.15, 0.2) is 48.5 Å². The van der Waals surface area contributed by atoms with Gasteiger partial charge in [-0.2, -0.15) is 5.10 Å². The first-order chi connectivity index (χ1) is 15.6. The molecule has 0 bridgehead atoms. The molecule has 2 aliphatic rings. The molecule has 0 aliphatic carbocycles. The summed E-state index contributed by atoms with van der Waals surface area (Å²) in [4.78, 5) is 4.85. The van der Waals surface area contributed by atoms with Gasteiger partial charge in [0.15, 0.2) is 28.2 Å². The third-order valence-electron chi connectivity index (χ3n) is 5.99. The van der Waals surface area contributed by atoms with Gasteiger partial charge >= 0.3 is 0 Å². The maximum atomic E-state index is 6.14. The molecule has 168 valence electrons. The van der Waals surface area contributed by atoms with E-state index in [4.69, 9.17) is 38.4 Å². The van der Waals surface area contributed by atoms with Gasteiger partial charge in [0.05, 0.1) is 6.67 Å². The maximum Gasteiger partial charge on any atom is 0.198 e. The Morgan fingerprint density at radius 2 is 1.69 bits per heavy atom. The number of ether oxygens (including phenoxy) is 2. The highest BCUT2D eigenvalue weighted by molar-refractivity contribution is 7.71. The Hall–Kier alpha value is -2.39. The fraction of sp³-hybridized carbons (Fsp3) is 0.391. The zero-order valence-electron chi connectivity index (χ0n) is 18.0. The topological polar surface area (TPSA) is 47.7 Å². The van der Waals surface area contributed by atoms with Crippen LogP contribution in [0.4, 0.5) is 0 Å². The minimum absolute atomic E-state index is 0.283. The van der Waals surface area contributed by atoms with Crippen LogP contribution in [0.1, 0.15) is 17.5 Å². The predicted molar refractivity (Wildman–Crippen MR) is 126 cm³/mol. The van der Waals surface area contributed by atoms with Crippen LogP contribution in [-0.2, 0) is 20.3 Å². The molecule has 2 aliphatic heterocycles. The lowest BCUT2D eigenvalue weighted by Crippen LogP contribution is -2.46. The highest BCUT2D eigenvalue weighted by Crippen LogP contribution is 2.35. The SMILES string of the molecule is Cn1c([C@@H]2COc3ccccc3O2)nn(CN2CCN(Cc3ccc(Cl)cc3)CC2)c1=S. The molecule has 2 aromatic carbocycles. The number of hydrogen-bond acceptors (Lipinski definition) is 6. The summed E-state index contributed by atoms with van der Waals surface area (Å²) < 4.78 is 16.5. The largest absolute Gasteiger partial charge is 0.485 e. The van der Waals surface area contributed by atoms with E-state index in [0.29, 0.717) is 18.0 Å². The molecule has 1 aromatic heterocycles. The third kappa shape index (κ3) is 4.54. The summed E-state index contributed by atoms with van der Waals surface area (Å²) >= 11 is 11.7. The molecule has 5 rings (SSSR count). The molecule has 1 saturated heterocycles. The predicted octanol–water partition coefficient (Wildman–Crippen LogP) is 3.89. The summed E-state index contributed by atoms with van der Waals surface area (Å²) in [6.45, 7) is 5.98. The molecule has 1 atom stereocenters. The summed E-state index contributed by atoms with van der Waals surface area (Å²) in [5, 5.41) is 5.57. The minimum atomic E-state index is -0.283. The molecule has 0 amide bonds. The number of para-hydroxylation sites is 2. The number of piperazine rings is 1. The Bertz CT molecular complexity index is 1140. The van der Waals surface area contributed by atoms with Crippen molar-refractivity contribution in [2.24, 2.45) is 7.05 Å². The number of halogens is 1. The van der Waals surface area contributed by atoms with Gasteiger partial charge in [-0.3, -0.25) is 9.80 Å². The van der Waals surface area contributed by atoms with Gasteiger partial charge in [-0.1, -0.05) is 35.9 Å². The minimum Gasteiger partial charge on any atom is -0.485 e. The van der Waals surface area contributed by atoms with E-state index in [9.17, 15) is 0 Å². The molecule has 0 radical (unpaired) electrons. The number of nitrogens with zero attached hydrogens (tertiary/aromatic N) is 5. The van der Waals surface area contributed by atoms with Crippen LogP contribution in [-0.4, -0.2) is 56.9 Å². The lowest BCUT2D eigenvalue weighted by Gasteiger charge is -2.34. The molecule has 0 unspecified atom stereocenters. The van der Waals surface area contributed by atoms with Gasteiger partial charge in [0, 0.05) is 44.8 Å². The van der Waals surface area contributed by atoms with Crippen LogP contribution in [0.2, 0.25) is 5.02 Å². The highest BCUT2D eigenvalue weighted by Gasteiger charge is 2.28. The summed E-state index contributed by atoms with van der Waals surface area (Å²) in [5.74, 6) is 2.29. The van der Waals surface area contributed by atoms with Crippen molar-refractivity contribution >= 4 is 23.8 Å². The smallest absolute Gasteiger partial charge is 0.198 e. The second kappa shape index (κ2) is 9.23. The van der Waals surface area contributed by atoms with Crippen LogP contribution in [0.5, 0.6) is 11.5 Å². The van der Waals surface area contributed by atoms with E-state index in [2.05, 4.69) is 21.9 Å². The summed E-state index contributed by atoms with van der Waals surface area (Å²) in [6.07, 6.45) is -0.283. The van der Waals surface area contributed by atoms with Crippen molar-refractivity contribution in [2.75, 3.05) is 32.8 Å². The fourth-order valence-corrected chi connectivity index (χ4v) is 4.47. The normalized spacial score (nSPS) is 19.2. The van der Waals surface area contributed by atoms with Crippen molar-refractivity contribution in [1.29, 1.82) is 0 Å². The zero-order valence-corrected chi connectivity index (χ0v) is 19.6. The zero-order chi connectivity index (χ0) is 22.1. The van der Waals surface area contributed by atoms with Crippen molar-refractivity contribution in [3.05, 3.63) is 69.7 Å². The maximum absolute atomic E-state index is 6.14. The lowest BCUT2D eigenvalue weighted by atomic mass is 10.2. The molecular formula is C23H26ClN5O2S. The molecule has 0 spiro atoms. The Morgan fingerprint density at radius 3 is 2.44 bits per heavy atom. The van der Waals surface area contributed by atoms with Crippen molar-refractivity contribution in [3.63, 3.8) is 0 Å². The van der Waals surface area contributed by atoms with Crippen LogP contribution >= 0.6 is 23.8 Å². The summed E-state index contributed by atoms with van der Waals surface area (Å²) in [7, 11) is 1.94. The van der Waals surface area contributed by atoms with Crippen molar-refractivity contribution in [3.8, 4) is 11.5 Å². The van der Waals surface area contributed by atoms with Gasteiger partial charge in [-0.05, 0) is 42.0 Å². The fourth-order valence-electron chi connectivity index (χ4n) is 4.15. The van der Waals surface area contributed by atoms with E-state index in [1.54, 1.807) is 0 Å². The van der Waals surface area contributed by atoms with Gasteiger partial charge in [0.1, 0.15) is 6.61 Å². The molecule has 0 saturated carbocycles. The molecule has 7 nitrogen and oxygen atoms in total. The molecule has 32 heavy (non-hydrogen) atoms. The van der Waals surface area contributed by atoms with Gasteiger partial charge in [-0.15, -0.1) is 0 Å². The monoisotopic (exact) mass is 471 g/mol. The third-order valence-corrected chi connectivity index (χ3v) is 6.73. The van der Waals surface area contributed by atoms with Gasteiger partial charge in [0.25, 0.3) is 0 Å². The number of aromatic nitrogens is 3. The molecule has 3 aromatic rings. The van der Waals surface area contributed by atoms with E-state index >= 15 is 0 Å². The van der Waals surface area contributed by atoms with E-state index in [0.717, 1.165) is 55.1 Å². The molecule has 0 N–H and O–H groups in total. The quantitative estimate of drug-likeness (QED) is 0.526. The van der Waals surface area contributed by atoms with Crippen LogP contribution < -0.4 is 9.47 Å². The van der Waals surface area contributed by atoms with Crippen LogP contribution in [0.25, 0.3) is 0 Å². The summed E-state index contributed by atoms with van der Waals surface area (Å²) in [5.41, 5.74) is 1.29. The molecular weight excluding hydrogens is 446 g/mol. The van der Waals surface area contributed by atoms with Gasteiger partial charge < -0.3 is 14.0 Å².